The molecule has 3 heteroatoms. The molecule has 0 unspecified atom stereocenters. The lowest BCUT2D eigenvalue weighted by molar-refractivity contribution is 0.768. The van der Waals surface area contributed by atoms with Gasteiger partial charge in [0, 0.05) is 16.6 Å². The van der Waals surface area contributed by atoms with Gasteiger partial charge in [-0.15, -0.1) is 0 Å². The lowest BCUT2D eigenvalue weighted by atomic mass is 10.1. The number of nitrogens with zero attached hydrogens (tertiary/aromatic N) is 2. The Kier molecular flexibility index (Phi) is 4.00. The van der Waals surface area contributed by atoms with Crippen molar-refractivity contribution < 1.29 is 0 Å². The van der Waals surface area contributed by atoms with Crippen LogP contribution in [0.2, 0.25) is 0 Å². The van der Waals surface area contributed by atoms with Crippen LogP contribution in [0.3, 0.4) is 0 Å². The van der Waals surface area contributed by atoms with Crippen molar-refractivity contribution in [2.75, 3.05) is 0 Å². The average molecular weight is 293 g/mol. The molecule has 2 nitrogen and oxygen atoms in total. The lowest BCUT2D eigenvalue weighted by Gasteiger charge is -2.10. The van der Waals surface area contributed by atoms with Crippen LogP contribution in [0.1, 0.15) is 30.2 Å². The first kappa shape index (κ1) is 12.4. The standard InChI is InChI=1S/C14H17BrN2/c1-3-6-14-12(9-15)10-16-17(14)13-8-5-4-7-11(13)2/h4-5,7-8,10H,3,6,9H2,1-2H3. The minimum Gasteiger partial charge on any atom is -0.237 e. The first-order valence-electron chi connectivity index (χ1n) is 5.95. The molecule has 2 aromatic rings. The van der Waals surface area contributed by atoms with Crippen LogP contribution < -0.4 is 0 Å². The van der Waals surface area contributed by atoms with Crippen LogP contribution in [0.5, 0.6) is 0 Å². The molecule has 0 radical (unpaired) electrons. The maximum Gasteiger partial charge on any atom is 0.0678 e. The number of aryl methyl sites for hydroxylation is 1. The molecule has 0 fully saturated rings. The van der Waals surface area contributed by atoms with E-state index in [-0.39, 0.29) is 0 Å². The molecule has 0 aliphatic carbocycles. The van der Waals surface area contributed by atoms with Crippen molar-refractivity contribution in [2.24, 2.45) is 0 Å². The highest BCUT2D eigenvalue weighted by Crippen LogP contribution is 2.20. The molecular weight excluding hydrogens is 276 g/mol. The number of aromatic nitrogens is 2. The molecule has 1 heterocycles. The third-order valence-electron chi connectivity index (χ3n) is 2.93. The van der Waals surface area contributed by atoms with Crippen LogP contribution in [-0.2, 0) is 11.8 Å². The van der Waals surface area contributed by atoms with E-state index >= 15 is 0 Å². The molecule has 0 saturated carbocycles. The van der Waals surface area contributed by atoms with E-state index in [4.69, 9.17) is 0 Å². The molecule has 0 atom stereocenters. The van der Waals surface area contributed by atoms with E-state index in [1.807, 2.05) is 6.20 Å². The van der Waals surface area contributed by atoms with E-state index in [2.05, 4.69) is 63.8 Å². The number of hydrogen-bond donors (Lipinski definition) is 0. The van der Waals surface area contributed by atoms with Gasteiger partial charge in [-0.05, 0) is 25.0 Å². The summed E-state index contributed by atoms with van der Waals surface area (Å²) in [5.41, 5.74) is 5.05. The minimum absolute atomic E-state index is 0.869. The second-order valence-corrected chi connectivity index (χ2v) is 4.76. The maximum atomic E-state index is 4.52. The summed E-state index contributed by atoms with van der Waals surface area (Å²) < 4.78 is 2.08. The van der Waals surface area contributed by atoms with Gasteiger partial charge in [0.1, 0.15) is 0 Å². The molecule has 90 valence electrons. The first-order valence-corrected chi connectivity index (χ1v) is 7.07. The van der Waals surface area contributed by atoms with Crippen LogP contribution in [0, 0.1) is 6.92 Å². The zero-order chi connectivity index (χ0) is 12.3. The molecular formula is C14H17BrN2. The van der Waals surface area contributed by atoms with Crippen molar-refractivity contribution in [3.63, 3.8) is 0 Å². The van der Waals surface area contributed by atoms with Gasteiger partial charge in [-0.2, -0.15) is 5.10 Å². The quantitative estimate of drug-likeness (QED) is 0.778. The fourth-order valence-electron chi connectivity index (χ4n) is 2.03. The Bertz CT molecular complexity index is 503. The largest absolute Gasteiger partial charge is 0.237 e. The number of halogens is 1. The second-order valence-electron chi connectivity index (χ2n) is 4.20. The van der Waals surface area contributed by atoms with Gasteiger partial charge < -0.3 is 0 Å². The van der Waals surface area contributed by atoms with E-state index in [1.54, 1.807) is 0 Å². The van der Waals surface area contributed by atoms with E-state index in [9.17, 15) is 0 Å². The number of benzene rings is 1. The summed E-state index contributed by atoms with van der Waals surface area (Å²) in [5, 5.41) is 5.39. The van der Waals surface area contributed by atoms with Gasteiger partial charge in [0.2, 0.25) is 0 Å². The minimum atomic E-state index is 0.869. The van der Waals surface area contributed by atoms with E-state index < -0.39 is 0 Å². The van der Waals surface area contributed by atoms with E-state index in [1.165, 1.54) is 22.5 Å². The van der Waals surface area contributed by atoms with Crippen LogP contribution >= 0.6 is 15.9 Å². The summed E-state index contributed by atoms with van der Waals surface area (Å²) in [6, 6.07) is 8.38. The maximum absolute atomic E-state index is 4.52. The van der Waals surface area contributed by atoms with Gasteiger partial charge >= 0.3 is 0 Å². The molecule has 0 aliphatic rings. The number of hydrogen-bond acceptors (Lipinski definition) is 1. The van der Waals surface area contributed by atoms with Gasteiger partial charge in [-0.1, -0.05) is 47.5 Å². The highest BCUT2D eigenvalue weighted by atomic mass is 79.9. The lowest BCUT2D eigenvalue weighted by Crippen LogP contribution is -2.04. The molecule has 0 aliphatic heterocycles. The van der Waals surface area contributed by atoms with Crippen molar-refractivity contribution in [1.29, 1.82) is 0 Å². The molecule has 0 amide bonds. The van der Waals surface area contributed by atoms with Crippen molar-refractivity contribution in [3.05, 3.63) is 47.3 Å². The second kappa shape index (κ2) is 5.50. The number of alkyl halides is 1. The van der Waals surface area contributed by atoms with E-state index in [0.29, 0.717) is 0 Å². The molecule has 0 N–H and O–H groups in total. The van der Waals surface area contributed by atoms with Crippen molar-refractivity contribution in [3.8, 4) is 5.69 Å². The Morgan fingerprint density at radius 3 is 2.71 bits per heavy atom. The zero-order valence-electron chi connectivity index (χ0n) is 10.3. The predicted molar refractivity (Wildman–Crippen MR) is 74.9 cm³/mol. The first-order chi connectivity index (χ1) is 8.27. The molecule has 0 spiro atoms. The summed E-state index contributed by atoms with van der Waals surface area (Å²) in [7, 11) is 0. The van der Waals surface area contributed by atoms with Gasteiger partial charge in [-0.3, -0.25) is 0 Å². The molecule has 0 saturated heterocycles. The van der Waals surface area contributed by atoms with Crippen LogP contribution in [0.4, 0.5) is 0 Å². The normalized spacial score (nSPS) is 10.8. The smallest absolute Gasteiger partial charge is 0.0678 e. The topological polar surface area (TPSA) is 17.8 Å². The zero-order valence-corrected chi connectivity index (χ0v) is 11.9. The van der Waals surface area contributed by atoms with Crippen LogP contribution in [0.15, 0.2) is 30.5 Å². The molecule has 2 rings (SSSR count). The molecule has 0 bridgehead atoms. The summed E-state index contributed by atoms with van der Waals surface area (Å²) in [6.07, 6.45) is 4.17. The average Bonchev–Trinajstić information content (AvgIpc) is 2.73. The summed E-state index contributed by atoms with van der Waals surface area (Å²) in [6.45, 7) is 4.33. The Morgan fingerprint density at radius 2 is 2.06 bits per heavy atom. The molecule has 17 heavy (non-hydrogen) atoms. The number of para-hydroxylation sites is 1. The Morgan fingerprint density at radius 1 is 1.29 bits per heavy atom. The van der Waals surface area contributed by atoms with Crippen molar-refractivity contribution in [2.45, 2.75) is 32.0 Å². The van der Waals surface area contributed by atoms with Gasteiger partial charge in [0.25, 0.3) is 0 Å². The summed E-state index contributed by atoms with van der Waals surface area (Å²) in [5.74, 6) is 0. The SMILES string of the molecule is CCCc1c(CBr)cnn1-c1ccccc1C. The number of rotatable bonds is 4. The Hall–Kier alpha value is -1.09. The van der Waals surface area contributed by atoms with Gasteiger partial charge in [0.05, 0.1) is 11.9 Å². The molecule has 1 aromatic heterocycles. The van der Waals surface area contributed by atoms with Crippen molar-refractivity contribution in [1.82, 2.24) is 9.78 Å². The molecule has 1 aromatic carbocycles. The van der Waals surface area contributed by atoms with Crippen molar-refractivity contribution >= 4 is 15.9 Å². The fraction of sp³-hybridized carbons (Fsp3) is 0.357. The van der Waals surface area contributed by atoms with E-state index in [0.717, 1.165) is 18.2 Å². The highest BCUT2D eigenvalue weighted by molar-refractivity contribution is 9.08. The highest BCUT2D eigenvalue weighted by Gasteiger charge is 2.11. The fourth-order valence-corrected chi connectivity index (χ4v) is 2.50. The third-order valence-corrected chi connectivity index (χ3v) is 3.53. The Labute approximate surface area is 111 Å². The van der Waals surface area contributed by atoms with Crippen LogP contribution in [-0.4, -0.2) is 9.78 Å². The van der Waals surface area contributed by atoms with Gasteiger partial charge in [0.15, 0.2) is 0 Å². The van der Waals surface area contributed by atoms with Crippen LogP contribution in [0.25, 0.3) is 5.69 Å². The third kappa shape index (κ3) is 2.44. The monoisotopic (exact) mass is 292 g/mol. The van der Waals surface area contributed by atoms with Gasteiger partial charge in [-0.25, -0.2) is 4.68 Å². The Balaban J connectivity index is 2.52. The predicted octanol–water partition coefficient (Wildman–Crippen LogP) is 4.03. The summed E-state index contributed by atoms with van der Waals surface area (Å²) >= 11 is 3.53. The summed E-state index contributed by atoms with van der Waals surface area (Å²) in [4.78, 5) is 0.